The molecule has 0 radical (unpaired) electrons. The highest BCUT2D eigenvalue weighted by Crippen LogP contribution is 2.21. The Morgan fingerprint density at radius 2 is 1.61 bits per heavy atom. The summed E-state index contributed by atoms with van der Waals surface area (Å²) in [5.41, 5.74) is 1.80. The molecular formula is C16H18O2. The molecular weight excluding hydrogens is 224 g/mol. The molecule has 0 aliphatic rings. The largest absolute Gasteiger partial charge is 0.457 e. The van der Waals surface area contributed by atoms with Crippen molar-refractivity contribution in [1.82, 2.24) is 0 Å². The van der Waals surface area contributed by atoms with E-state index in [1.54, 1.807) is 18.2 Å². The Morgan fingerprint density at radius 3 is 2.22 bits per heavy atom. The lowest BCUT2D eigenvalue weighted by atomic mass is 10.2. The highest BCUT2D eigenvalue weighted by Gasteiger charge is 1.98. The predicted octanol–water partition coefficient (Wildman–Crippen LogP) is 4.63. The fourth-order valence-electron chi connectivity index (χ4n) is 1.39. The molecule has 2 heteroatoms. The zero-order valence-corrected chi connectivity index (χ0v) is 11.0. The Hall–Kier alpha value is -2.09. The molecule has 2 rings (SSSR count). The van der Waals surface area contributed by atoms with Crippen molar-refractivity contribution in [3.05, 3.63) is 59.7 Å². The van der Waals surface area contributed by atoms with Crippen LogP contribution in [0, 0.1) is 6.92 Å². The van der Waals surface area contributed by atoms with Gasteiger partial charge in [0, 0.05) is 5.56 Å². The zero-order chi connectivity index (χ0) is 13.4. The maximum atomic E-state index is 10.6. The van der Waals surface area contributed by atoms with Gasteiger partial charge >= 0.3 is 0 Å². The van der Waals surface area contributed by atoms with Gasteiger partial charge in [0.05, 0.1) is 0 Å². The number of hydrogen-bond donors (Lipinski definition) is 0. The van der Waals surface area contributed by atoms with Gasteiger partial charge in [-0.15, -0.1) is 0 Å². The van der Waals surface area contributed by atoms with E-state index < -0.39 is 0 Å². The lowest BCUT2D eigenvalue weighted by Crippen LogP contribution is -1.86. The first-order valence-corrected chi connectivity index (χ1v) is 6.08. The van der Waals surface area contributed by atoms with Crippen molar-refractivity contribution in [3.8, 4) is 11.5 Å². The first-order chi connectivity index (χ1) is 8.78. The lowest BCUT2D eigenvalue weighted by Gasteiger charge is -2.05. The van der Waals surface area contributed by atoms with Gasteiger partial charge < -0.3 is 4.74 Å². The third-order valence-electron chi connectivity index (χ3n) is 2.25. The Balaban J connectivity index is 0.000000771. The highest BCUT2D eigenvalue weighted by molar-refractivity contribution is 5.75. The fraction of sp³-hybridized carbons (Fsp3) is 0.188. The van der Waals surface area contributed by atoms with Gasteiger partial charge in [0.2, 0.25) is 0 Å². The van der Waals surface area contributed by atoms with Crippen LogP contribution in [-0.2, 0) is 0 Å². The number of hydrogen-bond acceptors (Lipinski definition) is 2. The number of carbonyl (C=O) groups excluding carboxylic acids is 1. The van der Waals surface area contributed by atoms with Crippen LogP contribution in [0.1, 0.15) is 29.8 Å². The summed E-state index contributed by atoms with van der Waals surface area (Å²) in [5.74, 6) is 1.45. The van der Waals surface area contributed by atoms with E-state index in [0.29, 0.717) is 11.3 Å². The fourth-order valence-corrected chi connectivity index (χ4v) is 1.39. The van der Waals surface area contributed by atoms with E-state index in [-0.39, 0.29) is 0 Å². The Morgan fingerprint density at radius 1 is 0.944 bits per heavy atom. The number of aryl methyl sites for hydroxylation is 1. The molecule has 0 saturated carbocycles. The summed E-state index contributed by atoms with van der Waals surface area (Å²) in [5, 5.41) is 0. The van der Waals surface area contributed by atoms with Gasteiger partial charge in [-0.2, -0.15) is 0 Å². The standard InChI is InChI=1S/C14H12O2.C2H6/c1-11-5-7-13(8-6-11)16-14-4-2-3-12(9-14)10-15;1-2/h2-10H,1H3;1-2H3. The molecule has 0 aliphatic heterocycles. The molecule has 0 amide bonds. The maximum absolute atomic E-state index is 10.6. The summed E-state index contributed by atoms with van der Waals surface area (Å²) in [6.07, 6.45) is 0.808. The molecule has 0 atom stereocenters. The van der Waals surface area contributed by atoms with Crippen LogP contribution in [0.3, 0.4) is 0 Å². The van der Waals surface area contributed by atoms with Crippen molar-refractivity contribution < 1.29 is 9.53 Å². The van der Waals surface area contributed by atoms with Gasteiger partial charge in [-0.1, -0.05) is 43.7 Å². The van der Waals surface area contributed by atoms with Crippen LogP contribution in [0.25, 0.3) is 0 Å². The van der Waals surface area contributed by atoms with Crippen molar-refractivity contribution in [1.29, 1.82) is 0 Å². The second kappa shape index (κ2) is 7.28. The van der Waals surface area contributed by atoms with Crippen LogP contribution < -0.4 is 4.74 Å². The van der Waals surface area contributed by atoms with Crippen LogP contribution in [0.5, 0.6) is 11.5 Å². The van der Waals surface area contributed by atoms with E-state index in [9.17, 15) is 4.79 Å². The quantitative estimate of drug-likeness (QED) is 0.734. The molecule has 0 N–H and O–H groups in total. The number of aldehydes is 1. The SMILES string of the molecule is CC.Cc1ccc(Oc2cccc(C=O)c2)cc1. The van der Waals surface area contributed by atoms with Crippen LogP contribution in [0.4, 0.5) is 0 Å². The van der Waals surface area contributed by atoms with E-state index in [1.807, 2.05) is 51.1 Å². The molecule has 0 bridgehead atoms. The first kappa shape index (κ1) is 14.0. The Labute approximate surface area is 108 Å². The van der Waals surface area contributed by atoms with E-state index >= 15 is 0 Å². The summed E-state index contributed by atoms with van der Waals surface area (Å²) in [6, 6.07) is 14.9. The van der Waals surface area contributed by atoms with Crippen molar-refractivity contribution in [2.45, 2.75) is 20.8 Å². The molecule has 0 saturated heterocycles. The van der Waals surface area contributed by atoms with Gasteiger partial charge in [0.25, 0.3) is 0 Å². The van der Waals surface area contributed by atoms with Crippen molar-refractivity contribution in [2.24, 2.45) is 0 Å². The van der Waals surface area contributed by atoms with E-state index in [4.69, 9.17) is 4.74 Å². The van der Waals surface area contributed by atoms with Crippen LogP contribution in [0.15, 0.2) is 48.5 Å². The van der Waals surface area contributed by atoms with Crippen LogP contribution in [-0.4, -0.2) is 6.29 Å². The molecule has 0 heterocycles. The second-order valence-corrected chi connectivity index (χ2v) is 3.61. The third kappa shape index (κ3) is 4.06. The minimum absolute atomic E-state index is 0.615. The topological polar surface area (TPSA) is 26.3 Å². The molecule has 2 nitrogen and oxygen atoms in total. The summed E-state index contributed by atoms with van der Waals surface area (Å²) < 4.78 is 5.62. The molecule has 94 valence electrons. The Bertz CT molecular complexity index is 487. The minimum atomic E-state index is 0.615. The molecule has 0 spiro atoms. The van der Waals surface area contributed by atoms with Gasteiger partial charge in [0.1, 0.15) is 17.8 Å². The molecule has 18 heavy (non-hydrogen) atoms. The maximum Gasteiger partial charge on any atom is 0.150 e. The second-order valence-electron chi connectivity index (χ2n) is 3.61. The molecule has 0 aromatic heterocycles. The van der Waals surface area contributed by atoms with E-state index in [1.165, 1.54) is 5.56 Å². The molecule has 0 aliphatic carbocycles. The monoisotopic (exact) mass is 242 g/mol. The number of rotatable bonds is 3. The normalized spacial score (nSPS) is 9.06. The lowest BCUT2D eigenvalue weighted by molar-refractivity contribution is 0.112. The van der Waals surface area contributed by atoms with Gasteiger partial charge in [-0.25, -0.2) is 0 Å². The molecule has 2 aromatic carbocycles. The summed E-state index contributed by atoms with van der Waals surface area (Å²) >= 11 is 0. The average molecular weight is 242 g/mol. The summed E-state index contributed by atoms with van der Waals surface area (Å²) in [6.45, 7) is 6.02. The van der Waals surface area contributed by atoms with Crippen LogP contribution >= 0.6 is 0 Å². The van der Waals surface area contributed by atoms with Gasteiger partial charge in [-0.05, 0) is 31.2 Å². The summed E-state index contributed by atoms with van der Waals surface area (Å²) in [7, 11) is 0. The minimum Gasteiger partial charge on any atom is -0.457 e. The van der Waals surface area contributed by atoms with Crippen LogP contribution in [0.2, 0.25) is 0 Å². The van der Waals surface area contributed by atoms with Crippen molar-refractivity contribution in [2.75, 3.05) is 0 Å². The molecule has 0 unspecified atom stereocenters. The number of benzene rings is 2. The van der Waals surface area contributed by atoms with Crippen molar-refractivity contribution >= 4 is 6.29 Å². The smallest absolute Gasteiger partial charge is 0.150 e. The number of ether oxygens (including phenoxy) is 1. The van der Waals surface area contributed by atoms with Crippen molar-refractivity contribution in [3.63, 3.8) is 0 Å². The van der Waals surface area contributed by atoms with E-state index in [2.05, 4.69) is 0 Å². The number of carbonyl (C=O) groups is 1. The molecule has 2 aromatic rings. The average Bonchev–Trinajstić information content (AvgIpc) is 2.44. The Kier molecular flexibility index (Phi) is 5.65. The first-order valence-electron chi connectivity index (χ1n) is 6.08. The third-order valence-corrected chi connectivity index (χ3v) is 2.25. The molecule has 0 fully saturated rings. The van der Waals surface area contributed by atoms with Gasteiger partial charge in [0.15, 0.2) is 0 Å². The predicted molar refractivity (Wildman–Crippen MR) is 74.4 cm³/mol. The zero-order valence-electron chi connectivity index (χ0n) is 11.0. The summed E-state index contributed by atoms with van der Waals surface area (Å²) in [4.78, 5) is 10.6. The van der Waals surface area contributed by atoms with E-state index in [0.717, 1.165) is 12.0 Å². The highest BCUT2D eigenvalue weighted by atomic mass is 16.5. The van der Waals surface area contributed by atoms with Gasteiger partial charge in [-0.3, -0.25) is 4.79 Å².